The second-order valence-corrected chi connectivity index (χ2v) is 8.67. The summed E-state index contributed by atoms with van der Waals surface area (Å²) < 4.78 is 27.0. The number of carbonyl (C=O) groups is 2. The standard InChI is InChI=1S/C19H28F2N4O3/c1-17(20,21)12-14(15(26)24-19(13-22)6-7-19)23-16(27)28-25-10-8-18(9-11-25)4-2-3-5-18/h14H,2-12H2,1H3,(H,23,27)(H,24,26)/t14-/m0/s1. The van der Waals surface area contributed by atoms with Gasteiger partial charge in [-0.2, -0.15) is 5.26 Å². The Hall–Kier alpha value is -1.95. The van der Waals surface area contributed by atoms with Gasteiger partial charge in [0.25, 0.3) is 0 Å². The van der Waals surface area contributed by atoms with E-state index in [4.69, 9.17) is 10.1 Å². The monoisotopic (exact) mass is 398 g/mol. The number of hydrogen-bond donors (Lipinski definition) is 2. The summed E-state index contributed by atoms with van der Waals surface area (Å²) in [6, 6.07) is 0.504. The van der Waals surface area contributed by atoms with Gasteiger partial charge >= 0.3 is 6.09 Å². The lowest BCUT2D eigenvalue weighted by atomic mass is 9.77. The molecule has 28 heavy (non-hydrogen) atoms. The van der Waals surface area contributed by atoms with Gasteiger partial charge < -0.3 is 15.5 Å². The average Bonchev–Trinajstić information content (AvgIpc) is 3.25. The number of halogens is 2. The van der Waals surface area contributed by atoms with Crippen LogP contribution in [-0.2, 0) is 9.63 Å². The summed E-state index contributed by atoms with van der Waals surface area (Å²) >= 11 is 0. The van der Waals surface area contributed by atoms with E-state index in [1.807, 2.05) is 6.07 Å². The quantitative estimate of drug-likeness (QED) is 0.717. The molecule has 7 nitrogen and oxygen atoms in total. The number of alkyl halides is 2. The third-order valence-electron chi connectivity index (χ3n) is 6.16. The van der Waals surface area contributed by atoms with Crippen LogP contribution in [0.1, 0.15) is 64.7 Å². The molecule has 3 aliphatic rings. The first-order chi connectivity index (χ1) is 13.1. The zero-order chi connectivity index (χ0) is 20.4. The second kappa shape index (κ2) is 7.82. The van der Waals surface area contributed by atoms with Gasteiger partial charge in [0.15, 0.2) is 0 Å². The van der Waals surface area contributed by atoms with Gasteiger partial charge in [-0.05, 0) is 50.9 Å². The lowest BCUT2D eigenvalue weighted by Gasteiger charge is -2.38. The van der Waals surface area contributed by atoms with Crippen molar-refractivity contribution < 1.29 is 23.2 Å². The number of nitriles is 1. The van der Waals surface area contributed by atoms with Crippen LogP contribution in [0.25, 0.3) is 0 Å². The minimum atomic E-state index is -3.15. The van der Waals surface area contributed by atoms with Crippen molar-refractivity contribution in [3.05, 3.63) is 0 Å². The number of amides is 2. The number of nitrogens with one attached hydrogen (secondary N) is 2. The fraction of sp³-hybridized carbons (Fsp3) is 0.842. The van der Waals surface area contributed by atoms with E-state index in [1.54, 1.807) is 0 Å². The minimum absolute atomic E-state index is 0.360. The van der Waals surface area contributed by atoms with Gasteiger partial charge in [-0.15, -0.1) is 5.06 Å². The lowest BCUT2D eigenvalue weighted by molar-refractivity contribution is -0.135. The van der Waals surface area contributed by atoms with Crippen LogP contribution in [-0.4, -0.2) is 47.7 Å². The third-order valence-corrected chi connectivity index (χ3v) is 6.16. The van der Waals surface area contributed by atoms with Crippen molar-refractivity contribution in [3.63, 3.8) is 0 Å². The molecule has 1 heterocycles. The molecule has 0 aromatic carbocycles. The van der Waals surface area contributed by atoms with Crippen molar-refractivity contribution in [2.75, 3.05) is 13.1 Å². The normalized spacial score (nSPS) is 24.2. The number of piperidine rings is 1. The Morgan fingerprint density at radius 2 is 1.79 bits per heavy atom. The molecule has 3 rings (SSSR count). The Labute approximate surface area is 163 Å². The molecular weight excluding hydrogens is 370 g/mol. The first-order valence-electron chi connectivity index (χ1n) is 9.99. The van der Waals surface area contributed by atoms with Crippen LogP contribution < -0.4 is 10.6 Å². The maximum absolute atomic E-state index is 13.5. The van der Waals surface area contributed by atoms with E-state index in [2.05, 4.69) is 10.6 Å². The summed E-state index contributed by atoms with van der Waals surface area (Å²) in [6.07, 6.45) is 5.97. The predicted molar refractivity (Wildman–Crippen MR) is 96.1 cm³/mol. The minimum Gasteiger partial charge on any atom is -0.351 e. The highest BCUT2D eigenvalue weighted by Crippen LogP contribution is 2.46. The Morgan fingerprint density at radius 1 is 1.18 bits per heavy atom. The molecule has 1 aliphatic heterocycles. The molecule has 9 heteroatoms. The van der Waals surface area contributed by atoms with Crippen LogP contribution in [0.5, 0.6) is 0 Å². The van der Waals surface area contributed by atoms with Crippen LogP contribution >= 0.6 is 0 Å². The Balaban J connectivity index is 1.52. The summed E-state index contributed by atoms with van der Waals surface area (Å²) in [6.45, 7) is 1.89. The molecule has 0 radical (unpaired) electrons. The Kier molecular flexibility index (Phi) is 5.80. The molecule has 2 aliphatic carbocycles. The van der Waals surface area contributed by atoms with Crippen LogP contribution in [0.3, 0.4) is 0 Å². The van der Waals surface area contributed by atoms with Gasteiger partial charge in [0.1, 0.15) is 11.6 Å². The highest BCUT2D eigenvalue weighted by Gasteiger charge is 2.46. The molecular formula is C19H28F2N4O3. The number of hydrogen-bond acceptors (Lipinski definition) is 5. The fourth-order valence-corrected chi connectivity index (χ4v) is 4.24. The van der Waals surface area contributed by atoms with Crippen molar-refractivity contribution in [1.29, 1.82) is 5.26 Å². The Bertz CT molecular complexity index is 639. The molecule has 1 atom stereocenters. The van der Waals surface area contributed by atoms with E-state index in [0.717, 1.165) is 12.8 Å². The maximum atomic E-state index is 13.5. The fourth-order valence-electron chi connectivity index (χ4n) is 4.24. The molecule has 1 saturated heterocycles. The van der Waals surface area contributed by atoms with Crippen molar-refractivity contribution in [1.82, 2.24) is 15.7 Å². The highest BCUT2D eigenvalue weighted by molar-refractivity contribution is 5.86. The molecule has 156 valence electrons. The first-order valence-corrected chi connectivity index (χ1v) is 9.99. The summed E-state index contributed by atoms with van der Waals surface area (Å²) in [5.74, 6) is -3.94. The van der Waals surface area contributed by atoms with Crippen LogP contribution in [0, 0.1) is 16.7 Å². The van der Waals surface area contributed by atoms with Crippen molar-refractivity contribution >= 4 is 12.0 Å². The van der Waals surface area contributed by atoms with Crippen molar-refractivity contribution in [3.8, 4) is 6.07 Å². The van der Waals surface area contributed by atoms with Gasteiger partial charge in [0.05, 0.1) is 6.07 Å². The number of nitrogens with zero attached hydrogens (tertiary/aromatic N) is 2. The van der Waals surface area contributed by atoms with Crippen molar-refractivity contribution in [2.24, 2.45) is 5.41 Å². The molecule has 0 aromatic rings. The smallest absolute Gasteiger partial charge is 0.351 e. The molecule has 2 N–H and O–H groups in total. The van der Waals surface area contributed by atoms with E-state index in [0.29, 0.717) is 38.3 Å². The topological polar surface area (TPSA) is 94.5 Å². The SMILES string of the molecule is CC(F)(F)C[C@H](NC(=O)ON1CCC2(CCCC2)CC1)C(=O)NC1(C#N)CC1. The van der Waals surface area contributed by atoms with Crippen LogP contribution in [0.15, 0.2) is 0 Å². The van der Waals surface area contributed by atoms with E-state index in [-0.39, 0.29) is 0 Å². The summed E-state index contributed by atoms with van der Waals surface area (Å²) in [4.78, 5) is 29.8. The van der Waals surface area contributed by atoms with Gasteiger partial charge in [0, 0.05) is 19.5 Å². The molecule has 0 unspecified atom stereocenters. The van der Waals surface area contributed by atoms with Gasteiger partial charge in [-0.1, -0.05) is 12.8 Å². The Morgan fingerprint density at radius 3 is 2.29 bits per heavy atom. The number of carbonyl (C=O) groups excluding carboxylic acids is 2. The summed E-state index contributed by atoms with van der Waals surface area (Å²) in [7, 11) is 0. The van der Waals surface area contributed by atoms with E-state index in [9.17, 15) is 18.4 Å². The predicted octanol–water partition coefficient (Wildman–Crippen LogP) is 2.87. The largest absolute Gasteiger partial charge is 0.426 e. The van der Waals surface area contributed by atoms with Gasteiger partial charge in [0.2, 0.25) is 11.8 Å². The van der Waals surface area contributed by atoms with E-state index >= 15 is 0 Å². The van der Waals surface area contributed by atoms with E-state index in [1.165, 1.54) is 30.7 Å². The number of rotatable bonds is 6. The average molecular weight is 398 g/mol. The summed E-state index contributed by atoms with van der Waals surface area (Å²) in [5.41, 5.74) is -0.634. The van der Waals surface area contributed by atoms with Crippen molar-refractivity contribution in [2.45, 2.75) is 82.2 Å². The first kappa shape index (κ1) is 20.8. The maximum Gasteiger partial charge on any atom is 0.426 e. The van der Waals surface area contributed by atoms with E-state index < -0.39 is 35.9 Å². The second-order valence-electron chi connectivity index (χ2n) is 8.67. The van der Waals surface area contributed by atoms with Crippen LogP contribution in [0.4, 0.5) is 13.6 Å². The van der Waals surface area contributed by atoms with Gasteiger partial charge in [-0.3, -0.25) is 4.79 Å². The zero-order valence-electron chi connectivity index (χ0n) is 16.2. The highest BCUT2D eigenvalue weighted by atomic mass is 19.3. The van der Waals surface area contributed by atoms with Gasteiger partial charge in [-0.25, -0.2) is 13.6 Å². The molecule has 2 amide bonds. The molecule has 2 saturated carbocycles. The number of hydroxylamine groups is 2. The lowest BCUT2D eigenvalue weighted by Crippen LogP contribution is -2.53. The summed E-state index contributed by atoms with van der Waals surface area (Å²) in [5, 5.41) is 15.3. The molecule has 0 bridgehead atoms. The molecule has 0 aromatic heterocycles. The molecule has 3 fully saturated rings. The zero-order valence-corrected chi connectivity index (χ0v) is 16.2. The van der Waals surface area contributed by atoms with Crippen LogP contribution in [0.2, 0.25) is 0 Å². The third kappa shape index (κ3) is 5.31. The molecule has 1 spiro atoms.